The normalized spacial score (nSPS) is 10.9. The number of aromatic nitrogens is 14. The van der Waals surface area contributed by atoms with Gasteiger partial charge < -0.3 is 61.5 Å². The summed E-state index contributed by atoms with van der Waals surface area (Å²) in [4.78, 5) is 92.1. The Labute approximate surface area is 801 Å². The molecule has 144 heavy (non-hydrogen) atoms. The highest BCUT2D eigenvalue weighted by Crippen LogP contribution is 2.39. The number of fused-ring (bicyclic) bond motifs is 4. The van der Waals surface area contributed by atoms with E-state index in [9.17, 15) is 76.3 Å². The number of halogens is 13. The van der Waals surface area contributed by atoms with Gasteiger partial charge in [-0.1, -0.05) is 24.3 Å². The van der Waals surface area contributed by atoms with E-state index in [1.54, 1.807) is 135 Å². The third-order valence-electron chi connectivity index (χ3n) is 20.1. The van der Waals surface area contributed by atoms with E-state index in [0.29, 0.717) is 90.0 Å². The molecule has 0 saturated heterocycles. The number of amides is 8. The fourth-order valence-electron chi connectivity index (χ4n) is 13.5. The monoisotopic (exact) mass is 1960 g/mol. The van der Waals surface area contributed by atoms with Crippen LogP contribution in [-0.4, -0.2) is 94.4 Å². The maximum absolute atomic E-state index is 14.7. The zero-order chi connectivity index (χ0) is 100. The summed E-state index contributed by atoms with van der Waals surface area (Å²) in [6, 6.07) is 52.6. The third-order valence-corrected chi connectivity index (χ3v) is 20.1. The quantitative estimate of drug-likeness (QED) is 0.0250. The molecule has 0 spiro atoms. The smallest absolute Gasteiger partial charge is 0.416 e. The van der Waals surface area contributed by atoms with Crippen LogP contribution in [0.5, 0.6) is 46.0 Å². The lowest BCUT2D eigenvalue weighted by Gasteiger charge is -2.13. The summed E-state index contributed by atoms with van der Waals surface area (Å²) in [5, 5.41) is 31.8. The van der Waals surface area contributed by atoms with Crippen LogP contribution in [0.2, 0.25) is 0 Å². The van der Waals surface area contributed by atoms with Crippen molar-refractivity contribution in [2.75, 3.05) is 42.5 Å². The molecule has 12 aromatic carbocycles. The van der Waals surface area contributed by atoms with Crippen molar-refractivity contribution in [3.63, 3.8) is 0 Å². The predicted molar refractivity (Wildman–Crippen MR) is 507 cm³/mol. The van der Waals surface area contributed by atoms with Crippen molar-refractivity contribution in [2.24, 2.45) is 0 Å². The Morgan fingerprint density at radius 2 is 0.618 bits per heavy atom. The fraction of sp³-hybridized carbons (Fsp3) is 0.00990. The maximum Gasteiger partial charge on any atom is 0.416 e. The minimum atomic E-state index is -4.55. The van der Waals surface area contributed by atoms with E-state index in [1.165, 1.54) is 121 Å². The van der Waals surface area contributed by atoms with Gasteiger partial charge in [0.05, 0.1) is 115 Å². The van der Waals surface area contributed by atoms with E-state index >= 15 is 0 Å². The second-order valence-corrected chi connectivity index (χ2v) is 30.3. The molecule has 8 heterocycles. The van der Waals surface area contributed by atoms with Crippen LogP contribution < -0.4 is 61.5 Å². The van der Waals surface area contributed by atoms with E-state index in [1.807, 2.05) is 11.4 Å². The summed E-state index contributed by atoms with van der Waals surface area (Å²) >= 11 is 0. The highest BCUT2D eigenvalue weighted by Gasteiger charge is 2.31. The Bertz CT molecular complexity index is 8160. The first-order valence-electron chi connectivity index (χ1n) is 42.2. The number of ether oxygens (including phenoxy) is 4. The molecule has 0 aliphatic heterocycles. The molecule has 0 atom stereocenters. The highest BCUT2D eigenvalue weighted by molar-refractivity contribution is 6.02. The molecule has 8 aromatic heterocycles. The molecule has 0 bridgehead atoms. The number of benzene rings is 12. The number of carbonyl (C=O) groups excluding carboxylic acids is 4. The number of urea groups is 4. The zero-order valence-electron chi connectivity index (χ0n) is 73.1. The van der Waals surface area contributed by atoms with Crippen molar-refractivity contribution in [1.29, 1.82) is 0 Å². The van der Waals surface area contributed by atoms with Crippen molar-refractivity contribution >= 4 is 114 Å². The first kappa shape index (κ1) is 95.8. The number of anilines is 8. The lowest BCUT2D eigenvalue weighted by Crippen LogP contribution is -2.20. The van der Waals surface area contributed by atoms with Gasteiger partial charge in [0.15, 0.2) is 52.2 Å². The summed E-state index contributed by atoms with van der Waals surface area (Å²) in [7, 11) is 0. The van der Waals surface area contributed by atoms with Crippen LogP contribution in [0.15, 0.2) is 323 Å². The molecule has 0 aliphatic rings. The van der Waals surface area contributed by atoms with Crippen molar-refractivity contribution in [3.05, 3.63) is 387 Å². The predicted octanol–water partition coefficient (Wildman–Crippen LogP) is 25.6. The van der Waals surface area contributed by atoms with Gasteiger partial charge in [0.2, 0.25) is 11.6 Å². The van der Waals surface area contributed by atoms with Crippen LogP contribution in [0.1, 0.15) is 5.56 Å². The number of alkyl halides is 3. The molecule has 30 nitrogen and oxygen atoms in total. The summed E-state index contributed by atoms with van der Waals surface area (Å²) < 4.78 is 203. The topological polar surface area (TPSA) is 388 Å². The van der Waals surface area contributed by atoms with Gasteiger partial charge in [-0.2, -0.15) is 27.8 Å². The first-order chi connectivity index (χ1) is 69.6. The Morgan fingerprint density at radius 1 is 0.278 bits per heavy atom. The molecule has 20 rings (SSSR count). The van der Waals surface area contributed by atoms with Gasteiger partial charge in [0.1, 0.15) is 40.4 Å². The Morgan fingerprint density at radius 3 is 0.979 bits per heavy atom. The number of H-pyrrole nitrogens is 2. The molecule has 0 radical (unpaired) electrons. The molecule has 0 unspecified atom stereocenters. The van der Waals surface area contributed by atoms with Crippen molar-refractivity contribution < 1.29 is 95.2 Å². The first-order valence-corrected chi connectivity index (χ1v) is 42.2. The summed E-state index contributed by atoms with van der Waals surface area (Å²) in [6.45, 7) is 0. The Kier molecular flexibility index (Phi) is 28.7. The molecule has 10 N–H and O–H groups in total. The molecule has 716 valence electrons. The second-order valence-electron chi connectivity index (χ2n) is 30.3. The number of carbonyl (C=O) groups is 4. The molecule has 20 aromatic rings. The van der Waals surface area contributed by atoms with Crippen LogP contribution in [0.25, 0.3) is 89.2 Å². The Balaban J connectivity index is 0.000000132. The number of aromatic amines is 2. The number of nitrogens with one attached hydrogen (secondary N) is 10. The number of nitrogens with zero attached hydrogens (tertiary/aromatic N) is 12. The molecule has 43 heteroatoms. The van der Waals surface area contributed by atoms with Gasteiger partial charge in [-0.3, -0.25) is 40.1 Å². The minimum Gasteiger partial charge on any atom is -0.454 e. The average Bonchev–Trinajstić information content (AvgIpc) is 1.08. The summed E-state index contributed by atoms with van der Waals surface area (Å²) in [5.74, 6) is -10.6. The van der Waals surface area contributed by atoms with Gasteiger partial charge in [0, 0.05) is 154 Å². The molecule has 0 fully saturated rings. The van der Waals surface area contributed by atoms with Crippen molar-refractivity contribution in [3.8, 4) is 91.0 Å². The summed E-state index contributed by atoms with van der Waals surface area (Å²) in [6.07, 6.45) is 15.0. The van der Waals surface area contributed by atoms with Crippen LogP contribution >= 0.6 is 0 Å². The summed E-state index contributed by atoms with van der Waals surface area (Å²) in [5.41, 5.74) is 8.51. The van der Waals surface area contributed by atoms with Gasteiger partial charge in [-0.25, -0.2) is 78.6 Å². The number of pyridine rings is 2. The van der Waals surface area contributed by atoms with Gasteiger partial charge >= 0.3 is 30.3 Å². The Hall–Kier alpha value is -19.9. The number of hydrogen-bond donors (Lipinski definition) is 10. The largest absolute Gasteiger partial charge is 0.454 e. The average molecular weight is 1960 g/mol. The van der Waals surface area contributed by atoms with Gasteiger partial charge in [-0.15, -0.1) is 0 Å². The van der Waals surface area contributed by atoms with E-state index < -0.39 is 111 Å². The lowest BCUT2D eigenvalue weighted by molar-refractivity contribution is -0.137. The van der Waals surface area contributed by atoms with Crippen LogP contribution in [0.3, 0.4) is 0 Å². The van der Waals surface area contributed by atoms with Crippen molar-refractivity contribution in [2.45, 2.75) is 6.18 Å². The minimum absolute atomic E-state index is 0.0214. The zero-order valence-corrected chi connectivity index (χ0v) is 73.1. The highest BCUT2D eigenvalue weighted by atomic mass is 19.4. The van der Waals surface area contributed by atoms with E-state index in [0.717, 1.165) is 71.3 Å². The standard InChI is InChI=1S/C26H15F4N5O2.C26H16F3N5O2.C25H16F4N6O2.C24H16F2N6O2/c27-15-4-1-5-16(9-15)33-26(36)35-21-11-18(28)25(24(30)23(21)29)37-17-6-7-19-20(10-17)34-22(13-32-19)14-3-2-8-31-12-14;27-16-4-1-5-17(9-16)32-26(35)33-18-10-20(28)25(21(29)11-18)36-19-6-7-22-23(12-19)34-24(14-31-22)15-3-2-8-30-13-15;26-19-9-17(34-24(36)33-16-3-1-2-15(8-16)25(27,28)29)4-7-23(19)37-18-5-6-20-21(10-18)35-22(13-30-20)14-11-31-32-12-14;25-15-2-1-3-16(8-15)30-24(33)31-17-4-7-23(19(26)9-17)34-18-5-6-20-21(10-18)32-22(13-27-20)14-11-28-29-12-14/h1-13H,(H2,33,35,36);1-14H,(H2,32,33,35);1-13H,(H,31,32)(H2,33,34,36);1-13H,(H,28,29)(H2,30,31,33). The maximum atomic E-state index is 14.7. The van der Waals surface area contributed by atoms with E-state index in [4.69, 9.17) is 18.9 Å². The molecular formula is C101H63F13N22O8. The molecule has 0 saturated carbocycles. The third kappa shape index (κ3) is 24.5. The van der Waals surface area contributed by atoms with Crippen molar-refractivity contribution in [1.82, 2.24) is 70.2 Å². The van der Waals surface area contributed by atoms with Crippen LogP contribution in [-0.2, 0) is 6.18 Å². The SMILES string of the molecule is O=C(Nc1cccc(C(F)(F)F)c1)Nc1ccc(Oc2ccc3ncc(-c4cn[nH]c4)nc3c2)c(F)c1.O=C(Nc1cccc(F)c1)Nc1cc(F)c(Oc2ccc3ncc(-c4cccnc4)nc3c2)c(F)c1.O=C(Nc1cccc(F)c1)Nc1cc(F)c(Oc2ccc3ncc(-c4cccnc4)nc3c2)c(F)c1F.O=C(Nc1cccc(F)c1)Nc1ccc(Oc2ccc3ncc(-c4cn[nH]c4)nc3c2)c(F)c1. The number of hydrogen-bond acceptors (Lipinski definition) is 20. The molecular weight excluding hydrogens is 1900 g/mol. The molecule has 8 amide bonds. The second kappa shape index (κ2) is 43.2. The van der Waals surface area contributed by atoms with Crippen LogP contribution in [0.4, 0.5) is 122 Å². The van der Waals surface area contributed by atoms with Gasteiger partial charge in [-0.05, 0) is 170 Å². The number of rotatable bonds is 20. The van der Waals surface area contributed by atoms with Crippen LogP contribution in [0, 0.1) is 58.2 Å². The molecule has 0 aliphatic carbocycles. The van der Waals surface area contributed by atoms with E-state index in [-0.39, 0.29) is 62.8 Å². The fourth-order valence-corrected chi connectivity index (χ4v) is 13.5. The van der Waals surface area contributed by atoms with Gasteiger partial charge in [0.25, 0.3) is 0 Å². The van der Waals surface area contributed by atoms with E-state index in [2.05, 4.69) is 107 Å². The lowest BCUT2D eigenvalue weighted by atomic mass is 10.2.